The highest BCUT2D eigenvalue weighted by atomic mass is 79.9. The third-order valence-electron chi connectivity index (χ3n) is 5.74. The molecule has 1 aromatic heterocycles. The lowest BCUT2D eigenvalue weighted by Crippen LogP contribution is -2.38. The second kappa shape index (κ2) is 8.07. The van der Waals surface area contributed by atoms with Crippen molar-refractivity contribution in [3.63, 3.8) is 0 Å². The molecule has 0 saturated heterocycles. The largest absolute Gasteiger partial charge is 0.244 e. The number of aromatic nitrogens is 2. The van der Waals surface area contributed by atoms with Gasteiger partial charge in [-0.15, -0.1) is 0 Å². The monoisotopic (exact) mass is 481 g/mol. The van der Waals surface area contributed by atoms with Crippen LogP contribution in [0.5, 0.6) is 0 Å². The zero-order valence-electron chi connectivity index (χ0n) is 16.9. The van der Waals surface area contributed by atoms with Gasteiger partial charge in [0.25, 0.3) is 0 Å². The molecule has 0 radical (unpaired) electrons. The molecule has 154 valence electrons. The third kappa shape index (κ3) is 3.04. The molecule has 5 aromatic rings. The van der Waals surface area contributed by atoms with Crippen LogP contribution in [0.25, 0.3) is 10.9 Å². The Hall–Kier alpha value is -3.75. The highest BCUT2D eigenvalue weighted by Crippen LogP contribution is 2.43. The maximum atomic E-state index is 14.8. The van der Waals surface area contributed by atoms with Gasteiger partial charge >= 0.3 is 0 Å². The van der Waals surface area contributed by atoms with Crippen LogP contribution in [-0.4, -0.2) is 9.78 Å². The van der Waals surface area contributed by atoms with E-state index in [1.165, 1.54) is 6.07 Å². The molecule has 0 saturated carbocycles. The fraction of sp³-hybridized carbons (Fsp3) is 0.0370. The van der Waals surface area contributed by atoms with E-state index in [1.807, 2.05) is 65.3 Å². The summed E-state index contributed by atoms with van der Waals surface area (Å²) in [7, 11) is 0. The zero-order valence-corrected chi connectivity index (χ0v) is 18.5. The first-order chi connectivity index (χ1) is 15.7. The van der Waals surface area contributed by atoms with Gasteiger partial charge in [0.1, 0.15) is 22.0 Å². The maximum Gasteiger partial charge on any atom is 0.143 e. The molecule has 0 atom stereocenters. The van der Waals surface area contributed by atoms with E-state index < -0.39 is 11.4 Å². The minimum atomic E-state index is -0.866. The Kier molecular flexibility index (Phi) is 5.08. The van der Waals surface area contributed by atoms with Gasteiger partial charge in [-0.25, -0.2) is 9.07 Å². The van der Waals surface area contributed by atoms with Crippen LogP contribution in [-0.2, 0) is 5.54 Å². The second-order valence-corrected chi connectivity index (χ2v) is 8.22. The molecule has 0 spiro atoms. The van der Waals surface area contributed by atoms with Crippen molar-refractivity contribution < 1.29 is 4.39 Å². The summed E-state index contributed by atoms with van der Waals surface area (Å²) in [6.07, 6.45) is 0. The Morgan fingerprint density at radius 1 is 0.781 bits per heavy atom. The summed E-state index contributed by atoms with van der Waals surface area (Å²) in [6, 6.07) is 35.1. The Bertz CT molecular complexity index is 1340. The highest BCUT2D eigenvalue weighted by molar-refractivity contribution is 9.10. The molecule has 0 aliphatic heterocycles. The van der Waals surface area contributed by atoms with Crippen molar-refractivity contribution in [3.8, 4) is 6.07 Å². The zero-order chi connectivity index (χ0) is 22.1. The Morgan fingerprint density at radius 3 is 1.69 bits per heavy atom. The Labute approximate surface area is 193 Å². The number of hydrogen-bond donors (Lipinski definition) is 0. The van der Waals surface area contributed by atoms with Crippen LogP contribution < -0.4 is 0 Å². The number of nitrogens with zero attached hydrogens (tertiary/aromatic N) is 3. The second-order valence-electron chi connectivity index (χ2n) is 7.47. The first-order valence-corrected chi connectivity index (χ1v) is 10.9. The SMILES string of the molecule is N#Cc1cc2c(Br)nn(C(c3ccccc3)(c3ccccc3)c3ccccc3)c2cc1F. The van der Waals surface area contributed by atoms with Gasteiger partial charge in [0.05, 0.1) is 11.1 Å². The van der Waals surface area contributed by atoms with Gasteiger partial charge in [-0.2, -0.15) is 10.4 Å². The highest BCUT2D eigenvalue weighted by Gasteiger charge is 2.40. The lowest BCUT2D eigenvalue weighted by Gasteiger charge is -2.37. The number of halogens is 2. The Balaban J connectivity index is 1.99. The number of fused-ring (bicyclic) bond motifs is 1. The molecule has 1 heterocycles. The van der Waals surface area contributed by atoms with Crippen molar-refractivity contribution in [1.29, 1.82) is 5.26 Å². The van der Waals surface area contributed by atoms with E-state index in [-0.39, 0.29) is 5.56 Å². The van der Waals surface area contributed by atoms with E-state index in [9.17, 15) is 9.65 Å². The standard InChI is InChI=1S/C27H17BrFN3/c28-26-23-16-19(18-30)24(29)17-25(23)32(31-26)27(20-10-4-1-5-11-20,21-12-6-2-7-13-21)22-14-8-3-9-15-22/h1-17H. The van der Waals surface area contributed by atoms with Crippen LogP contribution in [0.15, 0.2) is 108 Å². The normalized spacial score (nSPS) is 11.4. The molecule has 5 heteroatoms. The molecule has 32 heavy (non-hydrogen) atoms. The quantitative estimate of drug-likeness (QED) is 0.269. The molecule has 0 bridgehead atoms. The van der Waals surface area contributed by atoms with E-state index in [4.69, 9.17) is 5.10 Å². The fourth-order valence-electron chi connectivity index (χ4n) is 4.35. The summed E-state index contributed by atoms with van der Waals surface area (Å²) >= 11 is 3.55. The first kappa shape index (κ1) is 20.2. The lowest BCUT2D eigenvalue weighted by molar-refractivity contribution is 0.473. The number of nitriles is 1. The molecule has 0 fully saturated rings. The number of benzene rings is 4. The van der Waals surface area contributed by atoms with E-state index in [0.717, 1.165) is 16.7 Å². The summed E-state index contributed by atoms with van der Waals surface area (Å²) in [4.78, 5) is 0. The van der Waals surface area contributed by atoms with E-state index in [2.05, 4.69) is 52.3 Å². The average Bonchev–Trinajstić information content (AvgIpc) is 3.16. The number of rotatable bonds is 4. The van der Waals surface area contributed by atoms with Crippen LogP contribution in [0.2, 0.25) is 0 Å². The van der Waals surface area contributed by atoms with Crippen molar-refractivity contribution in [1.82, 2.24) is 9.78 Å². The van der Waals surface area contributed by atoms with E-state index in [1.54, 1.807) is 6.07 Å². The smallest absolute Gasteiger partial charge is 0.143 e. The van der Waals surface area contributed by atoms with Crippen LogP contribution in [0.4, 0.5) is 4.39 Å². The van der Waals surface area contributed by atoms with Gasteiger partial charge in [0, 0.05) is 11.5 Å². The Morgan fingerprint density at radius 2 is 1.25 bits per heavy atom. The predicted octanol–water partition coefficient (Wildman–Crippen LogP) is 6.65. The van der Waals surface area contributed by atoms with Gasteiger partial charge < -0.3 is 0 Å². The maximum absolute atomic E-state index is 14.8. The van der Waals surface area contributed by atoms with E-state index in [0.29, 0.717) is 15.5 Å². The summed E-state index contributed by atoms with van der Waals surface area (Å²) < 4.78 is 17.2. The minimum absolute atomic E-state index is 0.0116. The van der Waals surface area contributed by atoms with Crippen molar-refractivity contribution in [3.05, 3.63) is 136 Å². The van der Waals surface area contributed by atoms with Crippen molar-refractivity contribution >= 4 is 26.8 Å². The summed E-state index contributed by atoms with van der Waals surface area (Å²) in [6.45, 7) is 0. The van der Waals surface area contributed by atoms with Gasteiger partial charge in [-0.1, -0.05) is 91.0 Å². The predicted molar refractivity (Wildman–Crippen MR) is 127 cm³/mol. The average molecular weight is 482 g/mol. The topological polar surface area (TPSA) is 41.6 Å². The molecule has 0 N–H and O–H groups in total. The lowest BCUT2D eigenvalue weighted by atomic mass is 9.77. The molecule has 0 aliphatic rings. The van der Waals surface area contributed by atoms with Crippen molar-refractivity contribution in [2.24, 2.45) is 0 Å². The number of hydrogen-bond acceptors (Lipinski definition) is 2. The summed E-state index contributed by atoms with van der Waals surface area (Å²) in [5.74, 6) is -0.572. The summed E-state index contributed by atoms with van der Waals surface area (Å²) in [5.41, 5.74) is 2.67. The van der Waals surface area contributed by atoms with Crippen molar-refractivity contribution in [2.75, 3.05) is 0 Å². The van der Waals surface area contributed by atoms with Crippen LogP contribution in [0.1, 0.15) is 22.3 Å². The van der Waals surface area contributed by atoms with Gasteiger partial charge in [-0.05, 0) is 38.7 Å². The fourth-order valence-corrected chi connectivity index (χ4v) is 4.82. The summed E-state index contributed by atoms with van der Waals surface area (Å²) in [5, 5.41) is 14.9. The molecule has 3 nitrogen and oxygen atoms in total. The van der Waals surface area contributed by atoms with Crippen LogP contribution in [0, 0.1) is 17.1 Å². The molecular weight excluding hydrogens is 465 g/mol. The van der Waals surface area contributed by atoms with Gasteiger partial charge in [0.2, 0.25) is 0 Å². The first-order valence-electron chi connectivity index (χ1n) is 10.1. The molecule has 0 unspecified atom stereocenters. The molecule has 0 amide bonds. The molecule has 5 rings (SSSR count). The molecule has 4 aromatic carbocycles. The van der Waals surface area contributed by atoms with Gasteiger partial charge in [-0.3, -0.25) is 0 Å². The van der Waals surface area contributed by atoms with Crippen molar-refractivity contribution in [2.45, 2.75) is 5.54 Å². The van der Waals surface area contributed by atoms with Crippen LogP contribution >= 0.6 is 15.9 Å². The third-order valence-corrected chi connectivity index (χ3v) is 6.32. The van der Waals surface area contributed by atoms with Gasteiger partial charge in [0.15, 0.2) is 0 Å². The molecular formula is C27H17BrFN3. The minimum Gasteiger partial charge on any atom is -0.244 e. The van der Waals surface area contributed by atoms with E-state index >= 15 is 0 Å². The molecule has 0 aliphatic carbocycles. The van der Waals surface area contributed by atoms with Crippen LogP contribution in [0.3, 0.4) is 0 Å².